The van der Waals surface area contributed by atoms with Gasteiger partial charge in [-0.05, 0) is 48.9 Å². The van der Waals surface area contributed by atoms with Gasteiger partial charge in [0.25, 0.3) is 0 Å². The molecule has 0 saturated carbocycles. The lowest BCUT2D eigenvalue weighted by atomic mass is 9.74. The van der Waals surface area contributed by atoms with Gasteiger partial charge in [-0.1, -0.05) is 19.4 Å². The molecule has 5 heteroatoms. The van der Waals surface area contributed by atoms with Crippen LogP contribution in [-0.2, 0) is 17.9 Å². The number of aromatic nitrogens is 1. The summed E-state index contributed by atoms with van der Waals surface area (Å²) in [5.74, 6) is -0.873. The van der Waals surface area contributed by atoms with Crippen LogP contribution in [-0.4, -0.2) is 44.8 Å². The fraction of sp³-hybridized carbons (Fsp3) is 0.550. The number of rotatable bonds is 6. The number of carbonyl (C=O) groups is 1. The van der Waals surface area contributed by atoms with Gasteiger partial charge in [0, 0.05) is 37.9 Å². The zero-order valence-corrected chi connectivity index (χ0v) is 15.1. The molecular formula is C20H28N2O3. The van der Waals surface area contributed by atoms with E-state index in [0.29, 0.717) is 19.4 Å². The summed E-state index contributed by atoms with van der Waals surface area (Å²) in [6.07, 6.45) is 3.12. The van der Waals surface area contributed by atoms with Crippen molar-refractivity contribution in [1.29, 1.82) is 0 Å². The molecule has 1 aromatic carbocycles. The molecule has 1 aliphatic rings. The summed E-state index contributed by atoms with van der Waals surface area (Å²) in [6.45, 7) is 6.91. The number of piperidine rings is 1. The van der Waals surface area contributed by atoms with Crippen LogP contribution in [0.3, 0.4) is 0 Å². The Hall–Kier alpha value is -1.85. The van der Waals surface area contributed by atoms with E-state index in [1.807, 2.05) is 6.92 Å². The van der Waals surface area contributed by atoms with Gasteiger partial charge < -0.3 is 14.8 Å². The van der Waals surface area contributed by atoms with Crippen molar-refractivity contribution in [3.8, 4) is 0 Å². The van der Waals surface area contributed by atoms with E-state index >= 15 is 0 Å². The van der Waals surface area contributed by atoms with Crippen molar-refractivity contribution >= 4 is 16.9 Å². The number of aliphatic carboxylic acids is 1. The van der Waals surface area contributed by atoms with Crippen molar-refractivity contribution in [2.45, 2.75) is 52.3 Å². The smallest absolute Gasteiger partial charge is 0.313 e. The van der Waals surface area contributed by atoms with Gasteiger partial charge in [-0.15, -0.1) is 0 Å². The predicted octanol–water partition coefficient (Wildman–Crippen LogP) is 3.10. The van der Waals surface area contributed by atoms with Crippen LogP contribution in [0.5, 0.6) is 0 Å². The molecule has 1 saturated heterocycles. The average molecular weight is 344 g/mol. The summed E-state index contributed by atoms with van der Waals surface area (Å²) in [5, 5.41) is 21.3. The summed E-state index contributed by atoms with van der Waals surface area (Å²) in [4.78, 5) is 14.1. The van der Waals surface area contributed by atoms with Gasteiger partial charge in [0.05, 0.1) is 6.10 Å². The summed E-state index contributed by atoms with van der Waals surface area (Å²) >= 11 is 0. The van der Waals surface area contributed by atoms with Crippen LogP contribution in [0, 0.1) is 5.41 Å². The zero-order valence-electron chi connectivity index (χ0n) is 15.1. The van der Waals surface area contributed by atoms with Gasteiger partial charge >= 0.3 is 5.97 Å². The molecule has 0 amide bonds. The summed E-state index contributed by atoms with van der Waals surface area (Å²) in [5.41, 5.74) is 1.38. The van der Waals surface area contributed by atoms with E-state index in [-0.39, 0.29) is 0 Å². The van der Waals surface area contributed by atoms with Gasteiger partial charge in [0.1, 0.15) is 5.41 Å². The Balaban J connectivity index is 1.79. The first-order valence-electron chi connectivity index (χ1n) is 9.21. The second kappa shape index (κ2) is 7.18. The standard InChI is InChI=1S/C20H28N2O3/c1-3-9-20(19(24)25)14-21(10-8-18(20)23)13-15-5-6-17-16(12-15)7-11-22(17)4-2/h5-7,11-12,18,23H,3-4,8-10,13-14H2,1-2H3,(H,24,25)/t18-,20-/m1/s1. The highest BCUT2D eigenvalue weighted by Crippen LogP contribution is 2.36. The number of benzene rings is 1. The van der Waals surface area contributed by atoms with E-state index in [4.69, 9.17) is 0 Å². The highest BCUT2D eigenvalue weighted by atomic mass is 16.4. The lowest BCUT2D eigenvalue weighted by Gasteiger charge is -2.43. The third kappa shape index (κ3) is 3.31. The molecule has 2 aromatic rings. The Morgan fingerprint density at radius 2 is 2.12 bits per heavy atom. The largest absolute Gasteiger partial charge is 0.481 e. The molecule has 0 unspecified atom stereocenters. The number of aryl methyl sites for hydroxylation is 1. The van der Waals surface area contributed by atoms with Crippen LogP contribution in [0.15, 0.2) is 30.5 Å². The third-order valence-corrected chi connectivity index (χ3v) is 5.57. The molecule has 0 spiro atoms. The van der Waals surface area contributed by atoms with Crippen LogP contribution in [0.2, 0.25) is 0 Å². The first kappa shape index (κ1) is 18.0. The Bertz CT molecular complexity index is 754. The number of carboxylic acid groups (broad SMARTS) is 1. The minimum absolute atomic E-state index is 0.408. The van der Waals surface area contributed by atoms with Crippen molar-refractivity contribution < 1.29 is 15.0 Å². The lowest BCUT2D eigenvalue weighted by Crippen LogP contribution is -2.55. The normalized spacial score (nSPS) is 24.7. The average Bonchev–Trinajstić information content (AvgIpc) is 3.00. The van der Waals surface area contributed by atoms with Crippen LogP contribution in [0.25, 0.3) is 10.9 Å². The van der Waals surface area contributed by atoms with Crippen molar-refractivity contribution in [3.05, 3.63) is 36.0 Å². The Labute approximate surface area is 148 Å². The third-order valence-electron chi connectivity index (χ3n) is 5.57. The number of hydrogen-bond acceptors (Lipinski definition) is 3. The Morgan fingerprint density at radius 3 is 2.80 bits per heavy atom. The zero-order chi connectivity index (χ0) is 18.0. The molecule has 136 valence electrons. The van der Waals surface area contributed by atoms with Crippen LogP contribution in [0.1, 0.15) is 38.7 Å². The molecule has 25 heavy (non-hydrogen) atoms. The van der Waals surface area contributed by atoms with Crippen molar-refractivity contribution in [2.24, 2.45) is 5.41 Å². The van der Waals surface area contributed by atoms with Crippen molar-refractivity contribution in [3.63, 3.8) is 0 Å². The molecule has 1 fully saturated rings. The van der Waals surface area contributed by atoms with Gasteiger partial charge in [0.2, 0.25) is 0 Å². The van der Waals surface area contributed by atoms with Gasteiger partial charge in [-0.25, -0.2) is 0 Å². The maximum Gasteiger partial charge on any atom is 0.313 e. The lowest BCUT2D eigenvalue weighted by molar-refractivity contribution is -0.164. The number of aliphatic hydroxyl groups excluding tert-OH is 1. The van der Waals surface area contributed by atoms with E-state index in [1.165, 1.54) is 16.5 Å². The molecule has 3 rings (SSSR count). The maximum atomic E-state index is 11.9. The summed E-state index contributed by atoms with van der Waals surface area (Å²) in [6, 6.07) is 8.58. The molecule has 5 nitrogen and oxygen atoms in total. The minimum Gasteiger partial charge on any atom is -0.481 e. The number of nitrogens with zero attached hydrogens (tertiary/aromatic N) is 2. The van der Waals surface area contributed by atoms with Crippen molar-refractivity contribution in [2.75, 3.05) is 13.1 Å². The van der Waals surface area contributed by atoms with Crippen LogP contribution >= 0.6 is 0 Å². The number of likely N-dealkylation sites (tertiary alicyclic amines) is 1. The monoisotopic (exact) mass is 344 g/mol. The quantitative estimate of drug-likeness (QED) is 0.845. The van der Waals surface area contributed by atoms with E-state index in [9.17, 15) is 15.0 Å². The molecular weight excluding hydrogens is 316 g/mol. The van der Waals surface area contributed by atoms with Crippen molar-refractivity contribution in [1.82, 2.24) is 9.47 Å². The molecule has 1 aromatic heterocycles. The fourth-order valence-electron chi connectivity index (χ4n) is 4.19. The van der Waals surface area contributed by atoms with Crippen LogP contribution < -0.4 is 0 Å². The molecule has 0 aliphatic carbocycles. The topological polar surface area (TPSA) is 65.7 Å². The maximum absolute atomic E-state index is 11.9. The second-order valence-electron chi connectivity index (χ2n) is 7.22. The number of hydrogen-bond donors (Lipinski definition) is 2. The minimum atomic E-state index is -1.04. The molecule has 0 radical (unpaired) electrons. The van der Waals surface area contributed by atoms with Gasteiger partial charge in [0.15, 0.2) is 0 Å². The molecule has 0 bridgehead atoms. The number of carboxylic acids is 1. The van der Waals surface area contributed by atoms with Crippen LogP contribution in [0.4, 0.5) is 0 Å². The molecule has 2 N–H and O–H groups in total. The Kier molecular flexibility index (Phi) is 5.16. The number of fused-ring (bicyclic) bond motifs is 1. The molecule has 1 aliphatic heterocycles. The number of aliphatic hydroxyl groups is 1. The molecule has 2 atom stereocenters. The first-order chi connectivity index (χ1) is 12.0. The van der Waals surface area contributed by atoms with E-state index in [2.05, 4.69) is 46.9 Å². The first-order valence-corrected chi connectivity index (χ1v) is 9.21. The highest BCUT2D eigenvalue weighted by Gasteiger charge is 2.48. The van der Waals surface area contributed by atoms with E-state index < -0.39 is 17.5 Å². The summed E-state index contributed by atoms with van der Waals surface area (Å²) < 4.78 is 2.22. The Morgan fingerprint density at radius 1 is 1.32 bits per heavy atom. The van der Waals surface area contributed by atoms with E-state index in [1.54, 1.807) is 0 Å². The van der Waals surface area contributed by atoms with Gasteiger partial charge in [-0.3, -0.25) is 9.69 Å². The SMILES string of the molecule is CCC[C@@]1(C(=O)O)CN(Cc2ccc3c(ccn3CC)c2)CC[C@H]1O. The summed E-state index contributed by atoms with van der Waals surface area (Å²) in [7, 11) is 0. The second-order valence-corrected chi connectivity index (χ2v) is 7.22. The fourth-order valence-corrected chi connectivity index (χ4v) is 4.19. The van der Waals surface area contributed by atoms with E-state index in [0.717, 1.165) is 26.1 Å². The predicted molar refractivity (Wildman–Crippen MR) is 98.5 cm³/mol. The highest BCUT2D eigenvalue weighted by molar-refractivity contribution is 5.81. The van der Waals surface area contributed by atoms with Gasteiger partial charge in [-0.2, -0.15) is 0 Å². The molecule has 2 heterocycles.